The van der Waals surface area contributed by atoms with Gasteiger partial charge < -0.3 is 9.73 Å². The molecule has 1 N–H and O–H groups in total. The normalized spacial score (nSPS) is 10.7. The second-order valence-corrected chi connectivity index (χ2v) is 6.06. The van der Waals surface area contributed by atoms with Crippen LogP contribution >= 0.6 is 11.6 Å². The molecule has 0 fully saturated rings. The van der Waals surface area contributed by atoms with Crippen LogP contribution in [0.3, 0.4) is 0 Å². The number of benzene rings is 1. The van der Waals surface area contributed by atoms with E-state index in [1.807, 2.05) is 0 Å². The molecule has 0 spiro atoms. The van der Waals surface area contributed by atoms with E-state index in [1.165, 1.54) is 18.8 Å². The van der Waals surface area contributed by atoms with E-state index >= 15 is 0 Å². The van der Waals surface area contributed by atoms with Crippen LogP contribution in [0.25, 0.3) is 22.7 Å². The van der Waals surface area contributed by atoms with Crippen molar-refractivity contribution in [2.75, 3.05) is 5.32 Å². The smallest absolute Gasteiger partial charge is 0.262 e. The van der Waals surface area contributed by atoms with E-state index in [9.17, 15) is 13.6 Å². The van der Waals surface area contributed by atoms with Gasteiger partial charge in [-0.3, -0.25) is 14.8 Å². The molecule has 8 nitrogen and oxygen atoms in total. The van der Waals surface area contributed by atoms with Gasteiger partial charge in [-0.05, 0) is 18.2 Å². The molecule has 0 saturated carbocycles. The van der Waals surface area contributed by atoms with Gasteiger partial charge in [-0.25, -0.2) is 13.8 Å². The third-order valence-corrected chi connectivity index (χ3v) is 4.15. The highest BCUT2D eigenvalue weighted by molar-refractivity contribution is 6.33. The van der Waals surface area contributed by atoms with Crippen LogP contribution in [0.1, 0.15) is 10.4 Å². The maximum atomic E-state index is 13.7. The average molecular weight is 415 g/mol. The van der Waals surface area contributed by atoms with Gasteiger partial charge in [0, 0.05) is 11.1 Å². The van der Waals surface area contributed by atoms with E-state index in [0.717, 1.165) is 12.4 Å². The number of aromatic nitrogens is 5. The first-order valence-corrected chi connectivity index (χ1v) is 8.39. The van der Waals surface area contributed by atoms with E-state index < -0.39 is 23.1 Å². The van der Waals surface area contributed by atoms with Gasteiger partial charge in [0.25, 0.3) is 5.91 Å². The maximum absolute atomic E-state index is 13.7. The van der Waals surface area contributed by atoms with E-state index in [2.05, 4.69) is 30.5 Å². The van der Waals surface area contributed by atoms with Crippen LogP contribution in [0.2, 0.25) is 5.02 Å². The third-order valence-electron chi connectivity index (χ3n) is 3.82. The summed E-state index contributed by atoms with van der Waals surface area (Å²) < 4.78 is 32.5. The van der Waals surface area contributed by atoms with Crippen LogP contribution in [0.4, 0.5) is 14.6 Å². The van der Waals surface area contributed by atoms with Gasteiger partial charge in [0.15, 0.2) is 17.5 Å². The van der Waals surface area contributed by atoms with Crippen LogP contribution in [0, 0.1) is 11.6 Å². The molecule has 0 aliphatic carbocycles. The van der Waals surface area contributed by atoms with Crippen LogP contribution in [0.15, 0.2) is 53.8 Å². The highest BCUT2D eigenvalue weighted by atomic mass is 35.5. The Morgan fingerprint density at radius 3 is 2.52 bits per heavy atom. The summed E-state index contributed by atoms with van der Waals surface area (Å²) in [5, 5.41) is 10.1. The lowest BCUT2D eigenvalue weighted by molar-refractivity contribution is 0.101. The standard InChI is InChI=1S/C18H9ClF2N6O2/c19-11-2-1-9(18-27-25-8-29-18)3-10(11)14-6-24-15(7-23-14)26-17(28)16-12(20)4-22-5-13(16)21/h1-8H,(H,24,26,28). The Bertz CT molecular complexity index is 1170. The number of nitrogens with one attached hydrogen (secondary N) is 1. The maximum Gasteiger partial charge on any atom is 0.262 e. The molecular weight excluding hydrogens is 406 g/mol. The van der Waals surface area contributed by atoms with E-state index in [1.54, 1.807) is 18.2 Å². The molecule has 3 aromatic heterocycles. The number of hydrogen-bond acceptors (Lipinski definition) is 7. The Kier molecular flexibility index (Phi) is 4.92. The van der Waals surface area contributed by atoms with Crippen molar-refractivity contribution in [3.8, 4) is 22.7 Å². The van der Waals surface area contributed by atoms with Crippen LogP contribution in [0.5, 0.6) is 0 Å². The summed E-state index contributed by atoms with van der Waals surface area (Å²) in [4.78, 5) is 23.7. The first-order valence-electron chi connectivity index (χ1n) is 8.02. The highest BCUT2D eigenvalue weighted by Gasteiger charge is 2.18. The summed E-state index contributed by atoms with van der Waals surface area (Å²) in [5.74, 6) is -2.88. The molecule has 0 radical (unpaired) electrons. The summed E-state index contributed by atoms with van der Waals surface area (Å²) in [5.41, 5.74) is 0.806. The molecule has 0 saturated heterocycles. The fraction of sp³-hybridized carbons (Fsp3) is 0. The molecule has 1 amide bonds. The SMILES string of the molecule is O=C(Nc1cnc(-c2cc(-c3nnco3)ccc2Cl)cn1)c1c(F)cncc1F. The van der Waals surface area contributed by atoms with Crippen molar-refractivity contribution in [1.82, 2.24) is 25.1 Å². The summed E-state index contributed by atoms with van der Waals surface area (Å²) in [7, 11) is 0. The topological polar surface area (TPSA) is 107 Å². The Morgan fingerprint density at radius 2 is 1.86 bits per heavy atom. The number of rotatable bonds is 4. The molecule has 3 heterocycles. The van der Waals surface area contributed by atoms with E-state index in [4.69, 9.17) is 16.0 Å². The number of hydrogen-bond donors (Lipinski definition) is 1. The molecular formula is C18H9ClF2N6O2. The molecule has 11 heteroatoms. The lowest BCUT2D eigenvalue weighted by atomic mass is 10.1. The minimum Gasteiger partial charge on any atom is -0.423 e. The molecule has 4 aromatic rings. The number of amides is 1. The summed E-state index contributed by atoms with van der Waals surface area (Å²) in [6.45, 7) is 0. The third kappa shape index (κ3) is 3.78. The molecule has 0 unspecified atom stereocenters. The fourth-order valence-corrected chi connectivity index (χ4v) is 2.71. The van der Waals surface area contributed by atoms with Gasteiger partial charge in [0.05, 0.1) is 35.5 Å². The molecule has 29 heavy (non-hydrogen) atoms. The fourth-order valence-electron chi connectivity index (χ4n) is 2.49. The minimum atomic E-state index is -1.09. The molecule has 144 valence electrons. The molecule has 0 bridgehead atoms. The van der Waals surface area contributed by atoms with E-state index in [0.29, 0.717) is 27.7 Å². The molecule has 4 rings (SSSR count). The van der Waals surface area contributed by atoms with Crippen molar-refractivity contribution in [1.29, 1.82) is 0 Å². The van der Waals surface area contributed by atoms with Crippen molar-refractivity contribution >= 4 is 23.3 Å². The predicted octanol–water partition coefficient (Wildman–Crippen LogP) is 3.77. The number of halogens is 3. The summed E-state index contributed by atoms with van der Waals surface area (Å²) in [6, 6.07) is 5.04. The predicted molar refractivity (Wildman–Crippen MR) is 97.9 cm³/mol. The van der Waals surface area contributed by atoms with Crippen molar-refractivity contribution in [3.05, 3.63) is 71.6 Å². The summed E-state index contributed by atoms with van der Waals surface area (Å²) in [6.07, 6.45) is 5.28. The largest absolute Gasteiger partial charge is 0.423 e. The first-order chi connectivity index (χ1) is 14.0. The van der Waals surface area contributed by atoms with Crippen molar-refractivity contribution in [2.45, 2.75) is 0 Å². The lowest BCUT2D eigenvalue weighted by Crippen LogP contribution is -2.17. The quantitative estimate of drug-likeness (QED) is 0.541. The van der Waals surface area contributed by atoms with Gasteiger partial charge in [-0.15, -0.1) is 10.2 Å². The van der Waals surface area contributed by atoms with Gasteiger partial charge in [-0.1, -0.05) is 11.6 Å². The molecule has 0 atom stereocenters. The van der Waals surface area contributed by atoms with Crippen molar-refractivity contribution in [2.24, 2.45) is 0 Å². The second kappa shape index (κ2) is 7.68. The van der Waals surface area contributed by atoms with Crippen molar-refractivity contribution < 1.29 is 18.0 Å². The zero-order valence-corrected chi connectivity index (χ0v) is 15.1. The Labute approximate surface area is 166 Å². The van der Waals surface area contributed by atoms with Crippen LogP contribution in [-0.2, 0) is 0 Å². The number of nitrogens with zero attached hydrogens (tertiary/aromatic N) is 5. The minimum absolute atomic E-state index is 0.00135. The van der Waals surface area contributed by atoms with Gasteiger partial charge >= 0.3 is 0 Å². The van der Waals surface area contributed by atoms with Crippen molar-refractivity contribution in [3.63, 3.8) is 0 Å². The highest BCUT2D eigenvalue weighted by Crippen LogP contribution is 2.30. The molecule has 1 aromatic carbocycles. The lowest BCUT2D eigenvalue weighted by Gasteiger charge is -2.08. The zero-order chi connectivity index (χ0) is 20.4. The zero-order valence-electron chi connectivity index (χ0n) is 14.3. The number of carbonyl (C=O) groups excluding carboxylic acids is 1. The Hall–Kier alpha value is -3.79. The van der Waals surface area contributed by atoms with Gasteiger partial charge in [0.1, 0.15) is 5.56 Å². The first kappa shape index (κ1) is 18.6. The van der Waals surface area contributed by atoms with Crippen LogP contribution < -0.4 is 5.32 Å². The summed E-state index contributed by atoms with van der Waals surface area (Å²) >= 11 is 6.24. The molecule has 0 aliphatic rings. The monoisotopic (exact) mass is 414 g/mol. The number of anilines is 1. The van der Waals surface area contributed by atoms with Crippen LogP contribution in [-0.4, -0.2) is 31.1 Å². The van der Waals surface area contributed by atoms with E-state index in [-0.39, 0.29) is 5.82 Å². The average Bonchev–Trinajstić information content (AvgIpc) is 3.24. The number of pyridine rings is 1. The second-order valence-electron chi connectivity index (χ2n) is 5.66. The van der Waals surface area contributed by atoms with Gasteiger partial charge in [0.2, 0.25) is 12.3 Å². The number of carbonyl (C=O) groups is 1. The Morgan fingerprint density at radius 1 is 1.07 bits per heavy atom. The Balaban J connectivity index is 1.59. The molecule has 0 aliphatic heterocycles. The van der Waals surface area contributed by atoms with Gasteiger partial charge in [-0.2, -0.15) is 0 Å².